The molecule has 0 bridgehead atoms. The van der Waals surface area contributed by atoms with E-state index in [1.807, 2.05) is 17.0 Å². The van der Waals surface area contributed by atoms with E-state index in [0.717, 1.165) is 34.7 Å². The molecule has 5 heteroatoms. The molecule has 1 fully saturated rings. The molecule has 0 spiro atoms. The Morgan fingerprint density at radius 3 is 3.00 bits per heavy atom. The number of carbonyl (C=O) groups excluding carboxylic acids is 1. The molecular weight excluding hydrogens is 312 g/mol. The fraction of sp³-hybridized carbons (Fsp3) is 0.615. The Balaban J connectivity index is 2.01. The van der Waals surface area contributed by atoms with Crippen molar-refractivity contribution in [3.8, 4) is 0 Å². The van der Waals surface area contributed by atoms with Gasteiger partial charge in [-0.3, -0.25) is 4.79 Å². The van der Waals surface area contributed by atoms with Gasteiger partial charge < -0.3 is 10.2 Å². The van der Waals surface area contributed by atoms with Crippen LogP contribution in [0.2, 0.25) is 0 Å². The van der Waals surface area contributed by atoms with Crippen LogP contribution in [-0.2, 0) is 0 Å². The van der Waals surface area contributed by atoms with E-state index in [1.165, 1.54) is 24.2 Å². The molecule has 2 heterocycles. The molecule has 0 saturated carbocycles. The second-order valence-electron chi connectivity index (χ2n) is 4.65. The number of nitrogens with zero attached hydrogens (tertiary/aromatic N) is 1. The Bertz CT molecular complexity index is 401. The highest BCUT2D eigenvalue weighted by Crippen LogP contribution is 2.23. The van der Waals surface area contributed by atoms with Crippen LogP contribution in [-0.4, -0.2) is 36.5 Å². The molecule has 1 amide bonds. The first-order valence-corrected chi connectivity index (χ1v) is 8.09. The molecule has 1 aliphatic rings. The minimum Gasteiger partial charge on any atom is -0.336 e. The second kappa shape index (κ2) is 6.68. The van der Waals surface area contributed by atoms with Crippen molar-refractivity contribution in [2.24, 2.45) is 0 Å². The molecule has 1 saturated heterocycles. The highest BCUT2D eigenvalue weighted by atomic mass is 79.9. The van der Waals surface area contributed by atoms with Crippen molar-refractivity contribution in [3.05, 3.63) is 20.8 Å². The van der Waals surface area contributed by atoms with Crippen LogP contribution in [0.15, 0.2) is 15.9 Å². The maximum absolute atomic E-state index is 12.4. The van der Waals surface area contributed by atoms with Crippen molar-refractivity contribution < 1.29 is 4.79 Å². The van der Waals surface area contributed by atoms with E-state index in [0.29, 0.717) is 6.04 Å². The summed E-state index contributed by atoms with van der Waals surface area (Å²) in [6.45, 7) is 4.88. The summed E-state index contributed by atoms with van der Waals surface area (Å²) in [5.74, 6) is 0.168. The molecule has 0 aliphatic carbocycles. The third-order valence-electron chi connectivity index (χ3n) is 3.17. The van der Waals surface area contributed by atoms with E-state index < -0.39 is 0 Å². The Kier molecular flexibility index (Phi) is 5.21. The van der Waals surface area contributed by atoms with Gasteiger partial charge in [-0.05, 0) is 53.9 Å². The normalized spacial score (nSPS) is 19.1. The van der Waals surface area contributed by atoms with Gasteiger partial charge in [0.05, 0.1) is 8.66 Å². The molecule has 1 aliphatic heterocycles. The van der Waals surface area contributed by atoms with Gasteiger partial charge in [0, 0.05) is 19.1 Å². The van der Waals surface area contributed by atoms with Gasteiger partial charge in [-0.15, -0.1) is 11.3 Å². The number of halogens is 1. The van der Waals surface area contributed by atoms with Crippen LogP contribution >= 0.6 is 27.3 Å². The first-order valence-electron chi connectivity index (χ1n) is 6.48. The van der Waals surface area contributed by atoms with Crippen LogP contribution in [0, 0.1) is 0 Å². The van der Waals surface area contributed by atoms with E-state index in [4.69, 9.17) is 0 Å². The average molecular weight is 331 g/mol. The van der Waals surface area contributed by atoms with Crippen LogP contribution in [0.3, 0.4) is 0 Å². The summed E-state index contributed by atoms with van der Waals surface area (Å²) >= 11 is 4.93. The summed E-state index contributed by atoms with van der Waals surface area (Å²) in [5, 5.41) is 3.46. The predicted molar refractivity (Wildman–Crippen MR) is 79.2 cm³/mol. The average Bonchev–Trinajstić information content (AvgIpc) is 2.99. The van der Waals surface area contributed by atoms with E-state index in [9.17, 15) is 4.79 Å². The van der Waals surface area contributed by atoms with E-state index in [1.54, 1.807) is 0 Å². The molecule has 3 nitrogen and oxygen atoms in total. The minimum atomic E-state index is 0.168. The zero-order chi connectivity index (χ0) is 13.0. The van der Waals surface area contributed by atoms with Crippen molar-refractivity contribution in [2.45, 2.75) is 32.2 Å². The SMILES string of the molecule is CCCN(CC1CCCN1)C(=O)c1ccc(Br)s1. The zero-order valence-electron chi connectivity index (χ0n) is 10.6. The van der Waals surface area contributed by atoms with Crippen molar-refractivity contribution in [1.29, 1.82) is 0 Å². The molecule has 1 N–H and O–H groups in total. The van der Waals surface area contributed by atoms with E-state index in [2.05, 4.69) is 28.2 Å². The Hall–Kier alpha value is -0.390. The second-order valence-corrected chi connectivity index (χ2v) is 7.11. The molecule has 1 aromatic heterocycles. The fourth-order valence-electron chi connectivity index (χ4n) is 2.31. The Labute approximate surface area is 121 Å². The van der Waals surface area contributed by atoms with Gasteiger partial charge in [0.25, 0.3) is 5.91 Å². The lowest BCUT2D eigenvalue weighted by molar-refractivity contribution is 0.0747. The molecule has 18 heavy (non-hydrogen) atoms. The van der Waals surface area contributed by atoms with E-state index >= 15 is 0 Å². The highest BCUT2D eigenvalue weighted by molar-refractivity contribution is 9.11. The van der Waals surface area contributed by atoms with Gasteiger partial charge in [0.1, 0.15) is 0 Å². The lowest BCUT2D eigenvalue weighted by atomic mass is 10.2. The zero-order valence-corrected chi connectivity index (χ0v) is 13.0. The fourth-order valence-corrected chi connectivity index (χ4v) is 3.66. The van der Waals surface area contributed by atoms with Gasteiger partial charge in [0.15, 0.2) is 0 Å². The molecule has 0 radical (unpaired) electrons. The van der Waals surface area contributed by atoms with Gasteiger partial charge in [-0.25, -0.2) is 0 Å². The maximum Gasteiger partial charge on any atom is 0.264 e. The summed E-state index contributed by atoms with van der Waals surface area (Å²) in [4.78, 5) is 15.2. The maximum atomic E-state index is 12.4. The summed E-state index contributed by atoms with van der Waals surface area (Å²) in [6.07, 6.45) is 3.41. The summed E-state index contributed by atoms with van der Waals surface area (Å²) in [5.41, 5.74) is 0. The van der Waals surface area contributed by atoms with Crippen LogP contribution in [0.4, 0.5) is 0 Å². The third-order valence-corrected chi connectivity index (χ3v) is 4.78. The summed E-state index contributed by atoms with van der Waals surface area (Å²) in [6, 6.07) is 4.32. The topological polar surface area (TPSA) is 32.3 Å². The van der Waals surface area contributed by atoms with Crippen LogP contribution < -0.4 is 5.32 Å². The number of hydrogen-bond donors (Lipinski definition) is 1. The van der Waals surface area contributed by atoms with Gasteiger partial charge in [0.2, 0.25) is 0 Å². The number of rotatable bonds is 5. The minimum absolute atomic E-state index is 0.168. The van der Waals surface area contributed by atoms with Gasteiger partial charge in [-0.1, -0.05) is 6.92 Å². The van der Waals surface area contributed by atoms with E-state index in [-0.39, 0.29) is 5.91 Å². The number of amides is 1. The first-order chi connectivity index (χ1) is 8.70. The molecule has 1 aromatic rings. The molecule has 2 rings (SSSR count). The smallest absolute Gasteiger partial charge is 0.264 e. The standard InChI is InChI=1S/C13H19BrN2OS/c1-2-8-16(9-10-4-3-7-15-10)13(17)11-5-6-12(14)18-11/h5-6,10,15H,2-4,7-9H2,1H3. The highest BCUT2D eigenvalue weighted by Gasteiger charge is 2.22. The van der Waals surface area contributed by atoms with Crippen molar-refractivity contribution in [3.63, 3.8) is 0 Å². The van der Waals surface area contributed by atoms with Gasteiger partial charge >= 0.3 is 0 Å². The van der Waals surface area contributed by atoms with Gasteiger partial charge in [-0.2, -0.15) is 0 Å². The van der Waals surface area contributed by atoms with Crippen molar-refractivity contribution >= 4 is 33.2 Å². The first kappa shape index (κ1) is 14.0. The molecule has 100 valence electrons. The molecule has 0 aromatic carbocycles. The van der Waals surface area contributed by atoms with Crippen molar-refractivity contribution in [2.75, 3.05) is 19.6 Å². The summed E-state index contributed by atoms with van der Waals surface area (Å²) in [7, 11) is 0. The Morgan fingerprint density at radius 2 is 2.44 bits per heavy atom. The Morgan fingerprint density at radius 1 is 1.61 bits per heavy atom. The molecule has 1 atom stereocenters. The third kappa shape index (κ3) is 3.56. The van der Waals surface area contributed by atoms with Crippen LogP contribution in [0.1, 0.15) is 35.9 Å². The largest absolute Gasteiger partial charge is 0.336 e. The molecular formula is C13H19BrN2OS. The lowest BCUT2D eigenvalue weighted by Gasteiger charge is -2.25. The monoisotopic (exact) mass is 330 g/mol. The molecule has 1 unspecified atom stereocenters. The predicted octanol–water partition coefficient (Wildman–Crippen LogP) is 3.11. The number of nitrogens with one attached hydrogen (secondary N) is 1. The quantitative estimate of drug-likeness (QED) is 0.899. The number of thiophene rings is 1. The lowest BCUT2D eigenvalue weighted by Crippen LogP contribution is -2.41. The summed E-state index contributed by atoms with van der Waals surface area (Å²) < 4.78 is 1.02. The number of carbonyl (C=O) groups is 1. The van der Waals surface area contributed by atoms with Crippen LogP contribution in [0.5, 0.6) is 0 Å². The van der Waals surface area contributed by atoms with Crippen molar-refractivity contribution in [1.82, 2.24) is 10.2 Å². The number of hydrogen-bond acceptors (Lipinski definition) is 3. The van der Waals surface area contributed by atoms with Crippen LogP contribution in [0.25, 0.3) is 0 Å².